The van der Waals surface area contributed by atoms with E-state index < -0.39 is 0 Å². The van der Waals surface area contributed by atoms with Gasteiger partial charge in [0.1, 0.15) is 0 Å². The van der Waals surface area contributed by atoms with Gasteiger partial charge in [-0.3, -0.25) is 0 Å². The topological polar surface area (TPSA) is 30.5 Å². The number of halogens is 2. The number of fused-ring (bicyclic) bond motifs is 1. The van der Waals surface area contributed by atoms with Gasteiger partial charge in [0, 0.05) is 11.6 Å². The summed E-state index contributed by atoms with van der Waals surface area (Å²) in [6.45, 7) is 0.938. The summed E-state index contributed by atoms with van der Waals surface area (Å²) >= 11 is 12.0. The van der Waals surface area contributed by atoms with Crippen LogP contribution in [0.1, 0.15) is 5.56 Å². The van der Waals surface area contributed by atoms with Crippen molar-refractivity contribution in [1.29, 1.82) is 0 Å². The fourth-order valence-corrected chi connectivity index (χ4v) is 2.36. The highest BCUT2D eigenvalue weighted by Gasteiger charge is 2.13. The molecule has 0 fully saturated rings. The Hall–Kier alpha value is -1.58. The first kappa shape index (κ1) is 12.5. The van der Waals surface area contributed by atoms with E-state index in [1.807, 2.05) is 24.3 Å². The molecule has 0 aromatic heterocycles. The minimum atomic E-state index is 0.287. The quantitative estimate of drug-likeness (QED) is 0.914. The summed E-state index contributed by atoms with van der Waals surface area (Å²) in [4.78, 5) is 0. The summed E-state index contributed by atoms with van der Waals surface area (Å²) in [5.74, 6) is 1.56. The lowest BCUT2D eigenvalue weighted by atomic mass is 10.2. The highest BCUT2D eigenvalue weighted by Crippen LogP contribution is 2.33. The predicted octanol–water partition coefficient (Wildman–Crippen LogP) is 4.33. The number of benzene rings is 2. The molecule has 0 atom stereocenters. The molecule has 0 saturated carbocycles. The van der Waals surface area contributed by atoms with Gasteiger partial charge in [-0.2, -0.15) is 0 Å². The Kier molecular flexibility index (Phi) is 3.40. The van der Waals surface area contributed by atoms with Gasteiger partial charge in [0.05, 0.1) is 10.7 Å². The molecule has 19 heavy (non-hydrogen) atoms. The summed E-state index contributed by atoms with van der Waals surface area (Å²) in [5, 5.41) is 4.49. The second kappa shape index (κ2) is 5.19. The van der Waals surface area contributed by atoms with Crippen molar-refractivity contribution in [2.24, 2.45) is 0 Å². The number of rotatable bonds is 3. The molecule has 1 aliphatic rings. The summed E-state index contributed by atoms with van der Waals surface area (Å²) in [6, 6.07) is 11.2. The highest BCUT2D eigenvalue weighted by atomic mass is 35.5. The summed E-state index contributed by atoms with van der Waals surface area (Å²) in [5.41, 5.74) is 1.94. The summed E-state index contributed by atoms with van der Waals surface area (Å²) < 4.78 is 10.6. The van der Waals surface area contributed by atoms with E-state index in [0.29, 0.717) is 16.6 Å². The maximum Gasteiger partial charge on any atom is 0.231 e. The second-order valence-corrected chi connectivity index (χ2v) is 5.01. The van der Waals surface area contributed by atoms with Crippen molar-refractivity contribution in [3.8, 4) is 11.5 Å². The van der Waals surface area contributed by atoms with Gasteiger partial charge in [0.25, 0.3) is 0 Å². The van der Waals surface area contributed by atoms with Crippen LogP contribution in [0.4, 0.5) is 5.69 Å². The number of anilines is 1. The van der Waals surface area contributed by atoms with E-state index >= 15 is 0 Å². The molecule has 3 nitrogen and oxygen atoms in total. The lowest BCUT2D eigenvalue weighted by molar-refractivity contribution is 0.174. The molecule has 1 N–H and O–H groups in total. The van der Waals surface area contributed by atoms with Crippen molar-refractivity contribution in [1.82, 2.24) is 0 Å². The summed E-state index contributed by atoms with van der Waals surface area (Å²) in [7, 11) is 0. The molecule has 0 radical (unpaired) electrons. The van der Waals surface area contributed by atoms with Gasteiger partial charge in [-0.1, -0.05) is 29.3 Å². The van der Waals surface area contributed by atoms with Crippen molar-refractivity contribution >= 4 is 28.9 Å². The molecule has 0 spiro atoms. The van der Waals surface area contributed by atoms with E-state index in [0.717, 1.165) is 22.7 Å². The van der Waals surface area contributed by atoms with Crippen LogP contribution in [0.15, 0.2) is 36.4 Å². The molecule has 2 aromatic carbocycles. The van der Waals surface area contributed by atoms with Crippen molar-refractivity contribution < 1.29 is 9.47 Å². The Labute approximate surface area is 121 Å². The Balaban J connectivity index is 1.72. The average Bonchev–Trinajstić information content (AvgIpc) is 2.85. The van der Waals surface area contributed by atoms with Gasteiger partial charge in [0.15, 0.2) is 11.5 Å². The second-order valence-electron chi connectivity index (χ2n) is 4.17. The van der Waals surface area contributed by atoms with Crippen LogP contribution in [-0.2, 0) is 6.54 Å². The molecule has 0 bridgehead atoms. The van der Waals surface area contributed by atoms with Gasteiger partial charge < -0.3 is 14.8 Å². The maximum absolute atomic E-state index is 6.10. The Morgan fingerprint density at radius 3 is 2.68 bits per heavy atom. The summed E-state index contributed by atoms with van der Waals surface area (Å²) in [6.07, 6.45) is 0. The first-order valence-corrected chi connectivity index (χ1v) is 6.55. The molecule has 1 heterocycles. The van der Waals surface area contributed by atoms with Crippen molar-refractivity contribution in [3.63, 3.8) is 0 Å². The van der Waals surface area contributed by atoms with Crippen LogP contribution in [0.2, 0.25) is 10.0 Å². The first-order chi connectivity index (χ1) is 9.22. The molecule has 0 saturated heterocycles. The zero-order valence-corrected chi connectivity index (χ0v) is 11.5. The molecular formula is C14H11Cl2NO2. The van der Waals surface area contributed by atoms with Gasteiger partial charge >= 0.3 is 0 Å². The molecule has 98 valence electrons. The van der Waals surface area contributed by atoms with Gasteiger partial charge in [0.2, 0.25) is 6.79 Å². The standard InChI is InChI=1S/C14H11Cl2NO2/c15-10-2-3-12(11(16)6-10)17-7-9-1-4-13-14(5-9)19-8-18-13/h1-6,17H,7-8H2. The van der Waals surface area contributed by atoms with Crippen molar-refractivity contribution in [3.05, 3.63) is 52.0 Å². The van der Waals surface area contributed by atoms with Crippen molar-refractivity contribution in [2.45, 2.75) is 6.54 Å². The number of ether oxygens (including phenoxy) is 2. The van der Waals surface area contributed by atoms with Crippen LogP contribution >= 0.6 is 23.2 Å². The smallest absolute Gasteiger partial charge is 0.231 e. The van der Waals surface area contributed by atoms with Crippen LogP contribution < -0.4 is 14.8 Å². The van der Waals surface area contributed by atoms with Gasteiger partial charge in [-0.25, -0.2) is 0 Å². The predicted molar refractivity (Wildman–Crippen MR) is 76.4 cm³/mol. The third-order valence-corrected chi connectivity index (χ3v) is 3.40. The number of nitrogens with one attached hydrogen (secondary N) is 1. The molecule has 3 rings (SSSR count). The van der Waals surface area contributed by atoms with Gasteiger partial charge in [-0.15, -0.1) is 0 Å². The molecule has 0 amide bonds. The number of hydrogen-bond acceptors (Lipinski definition) is 3. The lowest BCUT2D eigenvalue weighted by Crippen LogP contribution is -1.99. The van der Waals surface area contributed by atoms with E-state index in [2.05, 4.69) is 5.32 Å². The van der Waals surface area contributed by atoms with Crippen molar-refractivity contribution in [2.75, 3.05) is 12.1 Å². The highest BCUT2D eigenvalue weighted by molar-refractivity contribution is 6.36. The first-order valence-electron chi connectivity index (χ1n) is 5.80. The molecule has 2 aromatic rings. The van der Waals surface area contributed by atoms with Crippen LogP contribution in [0.25, 0.3) is 0 Å². The fourth-order valence-electron chi connectivity index (χ4n) is 1.88. The third-order valence-electron chi connectivity index (χ3n) is 2.85. The largest absolute Gasteiger partial charge is 0.454 e. The Bertz CT molecular complexity index is 616. The van der Waals surface area contributed by atoms with Gasteiger partial charge in [-0.05, 0) is 35.9 Å². The molecule has 0 unspecified atom stereocenters. The Morgan fingerprint density at radius 2 is 1.84 bits per heavy atom. The van der Waals surface area contributed by atoms with E-state index in [4.69, 9.17) is 32.7 Å². The minimum absolute atomic E-state index is 0.287. The fraction of sp³-hybridized carbons (Fsp3) is 0.143. The number of hydrogen-bond donors (Lipinski definition) is 1. The zero-order chi connectivity index (χ0) is 13.2. The molecule has 1 aliphatic heterocycles. The molecule has 0 aliphatic carbocycles. The van der Waals surface area contributed by atoms with E-state index in [1.165, 1.54) is 0 Å². The molecular weight excluding hydrogens is 285 g/mol. The minimum Gasteiger partial charge on any atom is -0.454 e. The molecule has 5 heteroatoms. The monoisotopic (exact) mass is 295 g/mol. The normalized spacial score (nSPS) is 12.5. The zero-order valence-electron chi connectivity index (χ0n) is 9.95. The lowest BCUT2D eigenvalue weighted by Gasteiger charge is -2.09. The van der Waals surface area contributed by atoms with Crippen LogP contribution in [0, 0.1) is 0 Å². The van der Waals surface area contributed by atoms with E-state index in [1.54, 1.807) is 12.1 Å². The maximum atomic E-state index is 6.10. The van der Waals surface area contributed by atoms with Crippen LogP contribution in [-0.4, -0.2) is 6.79 Å². The third kappa shape index (κ3) is 2.72. The SMILES string of the molecule is Clc1ccc(NCc2ccc3c(c2)OCO3)c(Cl)c1. The van der Waals surface area contributed by atoms with Crippen LogP contribution in [0.3, 0.4) is 0 Å². The van der Waals surface area contributed by atoms with E-state index in [9.17, 15) is 0 Å². The Morgan fingerprint density at radius 1 is 1.00 bits per heavy atom. The van der Waals surface area contributed by atoms with Crippen LogP contribution in [0.5, 0.6) is 11.5 Å². The van der Waals surface area contributed by atoms with E-state index in [-0.39, 0.29) is 6.79 Å². The average molecular weight is 296 g/mol.